The minimum Gasteiger partial charge on any atom is -0.467 e. The Bertz CT molecular complexity index is 472. The van der Waals surface area contributed by atoms with Gasteiger partial charge < -0.3 is 14.2 Å². The summed E-state index contributed by atoms with van der Waals surface area (Å²) in [5.41, 5.74) is 0.921. The van der Waals surface area contributed by atoms with Gasteiger partial charge in [0.2, 0.25) is 0 Å². The lowest BCUT2D eigenvalue weighted by molar-refractivity contribution is -0.168. The lowest BCUT2D eigenvalue weighted by atomic mass is 10.0. The summed E-state index contributed by atoms with van der Waals surface area (Å²) in [7, 11) is 1.34. The van der Waals surface area contributed by atoms with Crippen LogP contribution in [-0.4, -0.2) is 31.1 Å². The Labute approximate surface area is 117 Å². The van der Waals surface area contributed by atoms with Crippen molar-refractivity contribution in [3.05, 3.63) is 34.9 Å². The second-order valence-electron chi connectivity index (χ2n) is 4.91. The maximum atomic E-state index is 11.7. The number of benzene rings is 1. The molecule has 1 unspecified atom stereocenters. The number of hydrogen-bond donors (Lipinski definition) is 0. The van der Waals surface area contributed by atoms with Crippen LogP contribution in [0, 0.1) is 0 Å². The van der Waals surface area contributed by atoms with E-state index in [1.165, 1.54) is 7.11 Å². The summed E-state index contributed by atoms with van der Waals surface area (Å²) in [6.07, 6.45) is -0.623. The molecule has 1 heterocycles. The van der Waals surface area contributed by atoms with Crippen LogP contribution in [0.2, 0.25) is 5.02 Å². The quantitative estimate of drug-likeness (QED) is 0.800. The first-order valence-corrected chi connectivity index (χ1v) is 6.47. The van der Waals surface area contributed by atoms with Crippen LogP contribution < -0.4 is 0 Å². The number of carbonyl (C=O) groups excluding carboxylic acids is 1. The average Bonchev–Trinajstić information content (AvgIpc) is 2.66. The fourth-order valence-corrected chi connectivity index (χ4v) is 2.39. The molecule has 0 bridgehead atoms. The van der Waals surface area contributed by atoms with Gasteiger partial charge in [0.25, 0.3) is 0 Å². The van der Waals surface area contributed by atoms with E-state index in [1.807, 2.05) is 24.3 Å². The number of ether oxygens (including phenoxy) is 3. The lowest BCUT2D eigenvalue weighted by Gasteiger charge is -2.17. The van der Waals surface area contributed by atoms with E-state index in [1.54, 1.807) is 13.8 Å². The zero-order chi connectivity index (χ0) is 14.0. The molecule has 0 radical (unpaired) electrons. The number of rotatable bonds is 3. The topological polar surface area (TPSA) is 44.8 Å². The molecule has 2 atom stereocenters. The molecule has 0 aromatic heterocycles. The van der Waals surface area contributed by atoms with Gasteiger partial charge in [-0.2, -0.15) is 0 Å². The van der Waals surface area contributed by atoms with Gasteiger partial charge in [-0.25, -0.2) is 4.79 Å². The fraction of sp³-hybridized carbons (Fsp3) is 0.500. The van der Waals surface area contributed by atoms with Crippen molar-refractivity contribution in [2.75, 3.05) is 7.11 Å². The molecule has 2 rings (SSSR count). The summed E-state index contributed by atoms with van der Waals surface area (Å²) >= 11 is 6.12. The van der Waals surface area contributed by atoms with Crippen molar-refractivity contribution in [1.29, 1.82) is 0 Å². The van der Waals surface area contributed by atoms with E-state index in [9.17, 15) is 4.79 Å². The number of halogens is 1. The highest BCUT2D eigenvalue weighted by Crippen LogP contribution is 2.32. The first-order valence-electron chi connectivity index (χ1n) is 6.10. The Morgan fingerprint density at radius 2 is 2.05 bits per heavy atom. The molecular formula is C14H17ClO4. The highest BCUT2D eigenvalue weighted by Gasteiger charge is 2.45. The molecule has 104 valence electrons. The molecule has 0 amide bonds. The third-order valence-corrected chi connectivity index (χ3v) is 3.36. The van der Waals surface area contributed by atoms with Crippen LogP contribution in [-0.2, 0) is 25.4 Å². The Hall–Kier alpha value is -1.10. The molecule has 1 aliphatic rings. The summed E-state index contributed by atoms with van der Waals surface area (Å²) in [6, 6.07) is 7.48. The highest BCUT2D eigenvalue weighted by atomic mass is 35.5. The monoisotopic (exact) mass is 284 g/mol. The zero-order valence-electron chi connectivity index (χ0n) is 11.2. The lowest BCUT2D eigenvalue weighted by Crippen LogP contribution is -2.34. The minimum absolute atomic E-state index is 0.401. The van der Waals surface area contributed by atoms with Gasteiger partial charge in [-0.15, -0.1) is 0 Å². The van der Waals surface area contributed by atoms with Gasteiger partial charge in [-0.1, -0.05) is 29.8 Å². The summed E-state index contributed by atoms with van der Waals surface area (Å²) in [5, 5.41) is 0.652. The molecular weight excluding hydrogens is 268 g/mol. The SMILES string of the molecule is COC(=O)[C@@H]1OC(C)(C)OC1Cc1ccccc1Cl. The van der Waals surface area contributed by atoms with Crippen LogP contribution in [0.15, 0.2) is 24.3 Å². The largest absolute Gasteiger partial charge is 0.467 e. The van der Waals surface area contributed by atoms with Crippen molar-refractivity contribution in [1.82, 2.24) is 0 Å². The van der Waals surface area contributed by atoms with E-state index in [0.717, 1.165) is 5.56 Å². The standard InChI is InChI=1S/C14H17ClO4/c1-14(2)18-11(12(19-14)13(16)17-3)8-9-6-4-5-7-10(9)15/h4-7,11-12H,8H2,1-3H3/t11?,12-/m1/s1. The fourth-order valence-electron chi connectivity index (χ4n) is 2.18. The number of esters is 1. The number of methoxy groups -OCH3 is 1. The molecule has 0 aliphatic carbocycles. The molecule has 1 saturated heterocycles. The third-order valence-electron chi connectivity index (χ3n) is 3.00. The van der Waals surface area contributed by atoms with Crippen molar-refractivity contribution < 1.29 is 19.0 Å². The smallest absolute Gasteiger partial charge is 0.337 e. The first-order chi connectivity index (χ1) is 8.93. The molecule has 4 nitrogen and oxygen atoms in total. The van der Waals surface area contributed by atoms with Gasteiger partial charge in [-0.05, 0) is 25.5 Å². The minimum atomic E-state index is -0.801. The normalized spacial score (nSPS) is 25.3. The molecule has 1 aromatic carbocycles. The molecule has 0 N–H and O–H groups in total. The molecule has 1 fully saturated rings. The van der Waals surface area contributed by atoms with Crippen LogP contribution in [0.3, 0.4) is 0 Å². The number of carbonyl (C=O) groups is 1. The maximum absolute atomic E-state index is 11.7. The van der Waals surface area contributed by atoms with E-state index in [-0.39, 0.29) is 0 Å². The van der Waals surface area contributed by atoms with Gasteiger partial charge in [-0.3, -0.25) is 0 Å². The summed E-state index contributed by atoms with van der Waals surface area (Å²) < 4.78 is 16.1. The van der Waals surface area contributed by atoms with E-state index in [4.69, 9.17) is 25.8 Å². The van der Waals surface area contributed by atoms with Gasteiger partial charge in [0.15, 0.2) is 11.9 Å². The second kappa shape index (κ2) is 5.49. The van der Waals surface area contributed by atoms with Gasteiger partial charge >= 0.3 is 5.97 Å². The predicted molar refractivity (Wildman–Crippen MR) is 71.0 cm³/mol. The van der Waals surface area contributed by atoms with Gasteiger partial charge in [0.1, 0.15) is 6.10 Å². The predicted octanol–water partition coefficient (Wildman–Crippen LogP) is 2.58. The Morgan fingerprint density at radius 3 is 2.68 bits per heavy atom. The first kappa shape index (κ1) is 14.3. The van der Waals surface area contributed by atoms with Crippen molar-refractivity contribution in [3.8, 4) is 0 Å². The zero-order valence-corrected chi connectivity index (χ0v) is 11.9. The van der Waals surface area contributed by atoms with Crippen LogP contribution >= 0.6 is 11.6 Å². The Kier molecular flexibility index (Phi) is 4.13. The Balaban J connectivity index is 2.18. The van der Waals surface area contributed by atoms with E-state index < -0.39 is 24.0 Å². The number of hydrogen-bond acceptors (Lipinski definition) is 4. The highest BCUT2D eigenvalue weighted by molar-refractivity contribution is 6.31. The van der Waals surface area contributed by atoms with Crippen molar-refractivity contribution in [2.24, 2.45) is 0 Å². The van der Waals surface area contributed by atoms with Crippen LogP contribution in [0.1, 0.15) is 19.4 Å². The molecule has 0 spiro atoms. The molecule has 1 aliphatic heterocycles. The van der Waals surface area contributed by atoms with E-state index in [0.29, 0.717) is 11.4 Å². The molecule has 0 saturated carbocycles. The van der Waals surface area contributed by atoms with Crippen molar-refractivity contribution >= 4 is 17.6 Å². The van der Waals surface area contributed by atoms with Crippen LogP contribution in [0.4, 0.5) is 0 Å². The summed E-state index contributed by atoms with van der Waals surface area (Å²) in [4.78, 5) is 11.7. The maximum Gasteiger partial charge on any atom is 0.337 e. The van der Waals surface area contributed by atoms with E-state index >= 15 is 0 Å². The molecule has 5 heteroatoms. The van der Waals surface area contributed by atoms with Gasteiger partial charge in [0.05, 0.1) is 7.11 Å². The summed E-state index contributed by atoms with van der Waals surface area (Å²) in [5.74, 6) is -1.23. The molecule has 19 heavy (non-hydrogen) atoms. The average molecular weight is 285 g/mol. The van der Waals surface area contributed by atoms with Crippen LogP contribution in [0.5, 0.6) is 0 Å². The third kappa shape index (κ3) is 3.26. The second-order valence-corrected chi connectivity index (χ2v) is 5.32. The van der Waals surface area contributed by atoms with Crippen LogP contribution in [0.25, 0.3) is 0 Å². The van der Waals surface area contributed by atoms with Crippen molar-refractivity contribution in [3.63, 3.8) is 0 Å². The molecule has 1 aromatic rings. The van der Waals surface area contributed by atoms with Crippen molar-refractivity contribution in [2.45, 2.75) is 38.3 Å². The Morgan fingerprint density at radius 1 is 1.37 bits per heavy atom. The summed E-state index contributed by atoms with van der Waals surface area (Å²) in [6.45, 7) is 3.55. The van der Waals surface area contributed by atoms with Gasteiger partial charge in [0, 0.05) is 11.4 Å². The van der Waals surface area contributed by atoms with E-state index in [2.05, 4.69) is 0 Å².